The molecule has 0 amide bonds. The molecule has 2 aromatic rings. The van der Waals surface area contributed by atoms with Crippen molar-refractivity contribution >= 4 is 18.7 Å². The van der Waals surface area contributed by atoms with Gasteiger partial charge in [0, 0.05) is 6.61 Å². The highest BCUT2D eigenvalue weighted by Crippen LogP contribution is 2.39. The van der Waals surface area contributed by atoms with Crippen LogP contribution in [0.1, 0.15) is 40.5 Å². The molecule has 1 aliphatic rings. The molecule has 1 fully saturated rings. The molecule has 0 N–H and O–H groups in total. The Labute approximate surface area is 148 Å². The van der Waals surface area contributed by atoms with Gasteiger partial charge in [0.2, 0.25) is 0 Å². The number of benzene rings is 2. The van der Waals surface area contributed by atoms with E-state index in [-0.39, 0.29) is 5.04 Å². The molecule has 0 unspecified atom stereocenters. The van der Waals surface area contributed by atoms with Gasteiger partial charge in [0.1, 0.15) is 0 Å². The largest absolute Gasteiger partial charge is 0.407 e. The normalized spacial score (nSPS) is 21.3. The second-order valence-corrected chi connectivity index (χ2v) is 12.7. The summed E-state index contributed by atoms with van der Waals surface area (Å²) in [7, 11) is -2.32. The summed E-state index contributed by atoms with van der Waals surface area (Å²) in [5.74, 6) is 1.61. The lowest BCUT2D eigenvalue weighted by atomic mass is 9.77. The molecule has 0 saturated heterocycles. The van der Waals surface area contributed by atoms with E-state index in [4.69, 9.17) is 4.43 Å². The summed E-state index contributed by atoms with van der Waals surface area (Å²) in [6.07, 6.45) is 2.64. The number of rotatable bonds is 5. The van der Waals surface area contributed by atoms with Crippen molar-refractivity contribution in [2.75, 3.05) is 6.61 Å². The van der Waals surface area contributed by atoms with Gasteiger partial charge in [-0.15, -0.1) is 0 Å². The highest BCUT2D eigenvalue weighted by molar-refractivity contribution is 6.99. The van der Waals surface area contributed by atoms with E-state index in [1.165, 1.54) is 23.2 Å². The molecule has 0 atom stereocenters. The topological polar surface area (TPSA) is 9.23 Å². The second-order valence-electron chi connectivity index (χ2n) is 8.42. The van der Waals surface area contributed by atoms with E-state index in [1.54, 1.807) is 0 Å². The van der Waals surface area contributed by atoms with Gasteiger partial charge in [-0.1, -0.05) is 88.4 Å². The maximum absolute atomic E-state index is 6.96. The zero-order valence-corrected chi connectivity index (χ0v) is 16.5. The summed E-state index contributed by atoms with van der Waals surface area (Å²) in [5, 5.41) is 2.86. The lowest BCUT2D eigenvalue weighted by molar-refractivity contribution is 0.125. The fraction of sp³-hybridized carbons (Fsp3) is 0.455. The van der Waals surface area contributed by atoms with E-state index < -0.39 is 8.32 Å². The summed E-state index contributed by atoms with van der Waals surface area (Å²) in [4.78, 5) is 0. The minimum absolute atomic E-state index is 0.0884. The van der Waals surface area contributed by atoms with Crippen LogP contribution in [0.15, 0.2) is 60.7 Å². The molecule has 128 valence electrons. The van der Waals surface area contributed by atoms with Gasteiger partial charge in [0.15, 0.2) is 0 Å². The molecular weight excluding hydrogens is 308 g/mol. The third-order valence-electron chi connectivity index (χ3n) is 5.42. The van der Waals surface area contributed by atoms with Crippen LogP contribution in [0.25, 0.3) is 0 Å². The molecule has 2 heteroatoms. The fourth-order valence-electron chi connectivity index (χ4n) is 4.21. The van der Waals surface area contributed by atoms with Crippen molar-refractivity contribution < 1.29 is 4.43 Å². The Morgan fingerprint density at radius 3 is 1.71 bits per heavy atom. The lowest BCUT2D eigenvalue weighted by Crippen LogP contribution is -2.67. The SMILES string of the molecule is CC(C)(C)[Si](OC[C@H]1C[C@H](C)C1)(c1ccccc1)c1ccccc1. The lowest BCUT2D eigenvalue weighted by Gasteiger charge is -2.45. The third kappa shape index (κ3) is 3.22. The molecule has 1 aliphatic carbocycles. The van der Waals surface area contributed by atoms with Crippen LogP contribution in [-0.4, -0.2) is 14.9 Å². The predicted molar refractivity (Wildman–Crippen MR) is 105 cm³/mol. The zero-order valence-electron chi connectivity index (χ0n) is 15.5. The van der Waals surface area contributed by atoms with Crippen LogP contribution < -0.4 is 10.4 Å². The standard InChI is InChI=1S/C22H30OSi/c1-18-15-19(16-18)17-23-24(22(2,3)4,20-11-7-5-8-12-20)21-13-9-6-10-14-21/h5-14,18-19H,15-17H2,1-4H3/t18-,19-. The van der Waals surface area contributed by atoms with Gasteiger partial charge in [-0.25, -0.2) is 0 Å². The quantitative estimate of drug-likeness (QED) is 0.724. The summed E-state index contributed by atoms with van der Waals surface area (Å²) in [5.41, 5.74) is 0. The highest BCUT2D eigenvalue weighted by atomic mass is 28.4. The van der Waals surface area contributed by atoms with Crippen LogP contribution in [0.2, 0.25) is 5.04 Å². The van der Waals surface area contributed by atoms with Crippen LogP contribution in [0.4, 0.5) is 0 Å². The Balaban J connectivity index is 2.03. The van der Waals surface area contributed by atoms with Crippen molar-refractivity contribution in [3.63, 3.8) is 0 Å². The monoisotopic (exact) mass is 338 g/mol. The van der Waals surface area contributed by atoms with Crippen molar-refractivity contribution in [1.82, 2.24) is 0 Å². The van der Waals surface area contributed by atoms with Crippen LogP contribution in [0, 0.1) is 11.8 Å². The molecule has 0 aliphatic heterocycles. The van der Waals surface area contributed by atoms with Crippen molar-refractivity contribution in [3.05, 3.63) is 60.7 Å². The van der Waals surface area contributed by atoms with Gasteiger partial charge >= 0.3 is 0 Å². The molecule has 24 heavy (non-hydrogen) atoms. The van der Waals surface area contributed by atoms with E-state index in [9.17, 15) is 0 Å². The van der Waals surface area contributed by atoms with Gasteiger partial charge in [-0.05, 0) is 40.1 Å². The number of hydrogen-bond acceptors (Lipinski definition) is 1. The van der Waals surface area contributed by atoms with Crippen molar-refractivity contribution in [3.8, 4) is 0 Å². The van der Waals surface area contributed by atoms with Gasteiger partial charge in [-0.3, -0.25) is 0 Å². The Bertz CT molecular complexity index is 599. The summed E-state index contributed by atoms with van der Waals surface area (Å²) >= 11 is 0. The first kappa shape index (κ1) is 17.4. The zero-order chi connectivity index (χ0) is 17.2. The number of hydrogen-bond donors (Lipinski definition) is 0. The van der Waals surface area contributed by atoms with Crippen molar-refractivity contribution in [2.45, 2.75) is 45.6 Å². The molecule has 0 heterocycles. The minimum Gasteiger partial charge on any atom is -0.407 e. The van der Waals surface area contributed by atoms with E-state index in [2.05, 4.69) is 88.4 Å². The Hall–Kier alpha value is -1.38. The molecular formula is C22H30OSi. The highest BCUT2D eigenvalue weighted by Gasteiger charge is 2.50. The van der Waals surface area contributed by atoms with Crippen LogP contribution in [0.3, 0.4) is 0 Å². The van der Waals surface area contributed by atoms with Gasteiger partial charge in [0.25, 0.3) is 8.32 Å². The Morgan fingerprint density at radius 1 is 0.875 bits per heavy atom. The second kappa shape index (κ2) is 6.85. The summed E-state index contributed by atoms with van der Waals surface area (Å²) < 4.78 is 6.96. The summed E-state index contributed by atoms with van der Waals surface area (Å²) in [6, 6.07) is 21.9. The molecule has 0 radical (unpaired) electrons. The molecule has 1 saturated carbocycles. The maximum Gasteiger partial charge on any atom is 0.261 e. The Morgan fingerprint density at radius 2 is 1.33 bits per heavy atom. The molecule has 0 spiro atoms. The third-order valence-corrected chi connectivity index (χ3v) is 10.4. The minimum atomic E-state index is -2.32. The summed E-state index contributed by atoms with van der Waals surface area (Å²) in [6.45, 7) is 10.3. The smallest absolute Gasteiger partial charge is 0.261 e. The molecule has 2 aromatic carbocycles. The predicted octanol–water partition coefficient (Wildman–Crippen LogP) is 4.61. The first-order valence-corrected chi connectivity index (χ1v) is 11.1. The van der Waals surface area contributed by atoms with Crippen molar-refractivity contribution in [1.29, 1.82) is 0 Å². The fourth-order valence-corrected chi connectivity index (χ4v) is 8.85. The average molecular weight is 339 g/mol. The molecule has 3 rings (SSSR count). The molecule has 0 aromatic heterocycles. The van der Waals surface area contributed by atoms with Gasteiger partial charge < -0.3 is 4.43 Å². The van der Waals surface area contributed by atoms with E-state index in [1.807, 2.05) is 0 Å². The van der Waals surface area contributed by atoms with Gasteiger partial charge in [-0.2, -0.15) is 0 Å². The molecule has 0 bridgehead atoms. The average Bonchev–Trinajstić information content (AvgIpc) is 2.54. The maximum atomic E-state index is 6.96. The van der Waals surface area contributed by atoms with Crippen molar-refractivity contribution in [2.24, 2.45) is 11.8 Å². The Kier molecular flexibility index (Phi) is 4.98. The molecule has 1 nitrogen and oxygen atoms in total. The van der Waals surface area contributed by atoms with Crippen LogP contribution >= 0.6 is 0 Å². The van der Waals surface area contributed by atoms with Crippen LogP contribution in [0.5, 0.6) is 0 Å². The van der Waals surface area contributed by atoms with E-state index >= 15 is 0 Å². The van der Waals surface area contributed by atoms with Crippen LogP contribution in [-0.2, 0) is 4.43 Å². The first-order valence-electron chi connectivity index (χ1n) is 9.18. The first-order chi connectivity index (χ1) is 11.4. The van der Waals surface area contributed by atoms with E-state index in [0.29, 0.717) is 0 Å². The van der Waals surface area contributed by atoms with E-state index in [0.717, 1.165) is 18.4 Å². The van der Waals surface area contributed by atoms with Gasteiger partial charge in [0.05, 0.1) is 0 Å².